The summed E-state index contributed by atoms with van der Waals surface area (Å²) in [7, 11) is 3.34. The number of aliphatic imine (C=N–C) groups is 1. The van der Waals surface area contributed by atoms with Gasteiger partial charge in [-0.1, -0.05) is 6.07 Å². The average molecular weight is 427 g/mol. The lowest BCUT2D eigenvalue weighted by molar-refractivity contribution is 0.382. The molecule has 0 spiro atoms. The molecule has 2 rings (SSSR count). The first-order valence-electron chi connectivity index (χ1n) is 8.57. The third-order valence-electron chi connectivity index (χ3n) is 3.94. The van der Waals surface area contributed by atoms with Crippen molar-refractivity contribution in [3.8, 4) is 11.5 Å². The minimum Gasteiger partial charge on any atom is -0.497 e. The molecule has 2 aromatic rings. The first kappa shape index (κ1) is 22.0. The van der Waals surface area contributed by atoms with Crippen molar-refractivity contribution < 1.29 is 17.9 Å². The van der Waals surface area contributed by atoms with Gasteiger partial charge in [0.05, 0.1) is 14.2 Å². The fourth-order valence-electron chi connectivity index (χ4n) is 2.54. The zero-order valence-corrected chi connectivity index (χ0v) is 18.1. The van der Waals surface area contributed by atoms with E-state index in [0.29, 0.717) is 23.3 Å². The number of nitrogens with zero attached hydrogens (tertiary/aromatic N) is 2. The molecule has 154 valence electrons. The first-order valence-corrected chi connectivity index (χ1v) is 10.9. The highest BCUT2D eigenvalue weighted by molar-refractivity contribution is 7.91. The monoisotopic (exact) mass is 426 g/mol. The van der Waals surface area contributed by atoms with Crippen LogP contribution in [-0.4, -0.2) is 60.7 Å². The summed E-state index contributed by atoms with van der Waals surface area (Å²) >= 11 is 1.19. The lowest BCUT2D eigenvalue weighted by Crippen LogP contribution is -2.42. The Bertz CT molecular complexity index is 883. The molecule has 0 fully saturated rings. The van der Waals surface area contributed by atoms with Gasteiger partial charge in [0.2, 0.25) is 10.0 Å². The maximum Gasteiger partial charge on any atom is 0.250 e. The van der Waals surface area contributed by atoms with Crippen molar-refractivity contribution in [1.82, 2.24) is 14.9 Å². The minimum absolute atomic E-state index is 0.249. The molecule has 0 aliphatic heterocycles. The smallest absolute Gasteiger partial charge is 0.250 e. The second kappa shape index (κ2) is 10.3. The van der Waals surface area contributed by atoms with Gasteiger partial charge in [-0.3, -0.25) is 4.99 Å². The van der Waals surface area contributed by atoms with Crippen LogP contribution in [0, 0.1) is 0 Å². The molecule has 1 aromatic heterocycles. The molecule has 0 bridgehead atoms. The zero-order valence-electron chi connectivity index (χ0n) is 16.4. The van der Waals surface area contributed by atoms with Crippen LogP contribution < -0.4 is 19.5 Å². The van der Waals surface area contributed by atoms with E-state index in [4.69, 9.17) is 9.47 Å². The summed E-state index contributed by atoms with van der Waals surface area (Å²) in [4.78, 5) is 6.18. The zero-order chi connectivity index (χ0) is 20.6. The lowest BCUT2D eigenvalue weighted by atomic mass is 10.2. The number of benzene rings is 1. The Morgan fingerprint density at radius 3 is 2.61 bits per heavy atom. The molecule has 8 nitrogen and oxygen atoms in total. The predicted octanol–water partition coefficient (Wildman–Crippen LogP) is 1.75. The molecule has 0 aliphatic rings. The number of thiophene rings is 1. The van der Waals surface area contributed by atoms with E-state index in [-0.39, 0.29) is 6.54 Å². The Hall–Kier alpha value is -2.30. The predicted molar refractivity (Wildman–Crippen MR) is 112 cm³/mol. The average Bonchev–Trinajstić information content (AvgIpc) is 3.24. The molecular formula is C18H26N4O4S2. The topological polar surface area (TPSA) is 92.3 Å². The van der Waals surface area contributed by atoms with Crippen molar-refractivity contribution in [2.24, 2.45) is 4.99 Å². The van der Waals surface area contributed by atoms with Crippen LogP contribution in [0.2, 0.25) is 0 Å². The standard InChI is InChI=1S/C18H26N4O4S2/c1-19-18(20-9-10-21-28(23,24)17-6-5-11-27-17)22(2)13-14-7-8-15(25-3)12-16(14)26-4/h5-8,11-12,21H,9-10,13H2,1-4H3,(H,19,20). The third kappa shape index (κ3) is 5.85. The Morgan fingerprint density at radius 1 is 1.21 bits per heavy atom. The van der Waals surface area contributed by atoms with Gasteiger partial charge in [-0.25, -0.2) is 13.1 Å². The summed E-state index contributed by atoms with van der Waals surface area (Å²) in [5, 5.41) is 4.89. The van der Waals surface area contributed by atoms with Crippen LogP contribution in [0.5, 0.6) is 11.5 Å². The highest BCUT2D eigenvalue weighted by atomic mass is 32.2. The van der Waals surface area contributed by atoms with Crippen molar-refractivity contribution in [2.75, 3.05) is 41.4 Å². The maximum atomic E-state index is 12.1. The summed E-state index contributed by atoms with van der Waals surface area (Å²) < 4.78 is 37.8. The highest BCUT2D eigenvalue weighted by Gasteiger charge is 2.15. The van der Waals surface area contributed by atoms with E-state index >= 15 is 0 Å². The molecule has 0 saturated carbocycles. The second-order valence-electron chi connectivity index (χ2n) is 5.84. The SMILES string of the molecule is CN=C(NCCNS(=O)(=O)c1cccs1)N(C)Cc1ccc(OC)cc1OC. The number of nitrogens with one attached hydrogen (secondary N) is 2. The minimum atomic E-state index is -3.46. The van der Waals surface area contributed by atoms with E-state index < -0.39 is 10.0 Å². The molecule has 0 saturated heterocycles. The normalized spacial score (nSPS) is 11.9. The van der Waals surface area contributed by atoms with Gasteiger partial charge in [-0.05, 0) is 23.6 Å². The summed E-state index contributed by atoms with van der Waals surface area (Å²) in [5.41, 5.74) is 0.979. The molecule has 0 radical (unpaired) electrons. The van der Waals surface area contributed by atoms with Crippen LogP contribution in [0.15, 0.2) is 44.9 Å². The fraction of sp³-hybridized carbons (Fsp3) is 0.389. The molecule has 10 heteroatoms. The highest BCUT2D eigenvalue weighted by Crippen LogP contribution is 2.25. The van der Waals surface area contributed by atoms with Crippen LogP contribution in [-0.2, 0) is 16.6 Å². The molecular weight excluding hydrogens is 400 g/mol. The Balaban J connectivity index is 1.89. The number of rotatable bonds is 9. The number of methoxy groups -OCH3 is 2. The van der Waals surface area contributed by atoms with Gasteiger partial charge in [0.1, 0.15) is 15.7 Å². The first-order chi connectivity index (χ1) is 13.4. The van der Waals surface area contributed by atoms with Crippen molar-refractivity contribution >= 4 is 27.3 Å². The van der Waals surface area contributed by atoms with Crippen molar-refractivity contribution in [3.05, 3.63) is 41.3 Å². The van der Waals surface area contributed by atoms with E-state index in [1.165, 1.54) is 11.3 Å². The molecule has 0 aliphatic carbocycles. The van der Waals surface area contributed by atoms with Gasteiger partial charge in [0.15, 0.2) is 5.96 Å². The van der Waals surface area contributed by atoms with Gasteiger partial charge in [0, 0.05) is 45.4 Å². The molecule has 1 heterocycles. The van der Waals surface area contributed by atoms with E-state index in [0.717, 1.165) is 17.1 Å². The largest absolute Gasteiger partial charge is 0.497 e. The van der Waals surface area contributed by atoms with Crippen molar-refractivity contribution in [1.29, 1.82) is 0 Å². The maximum absolute atomic E-state index is 12.1. The van der Waals surface area contributed by atoms with E-state index in [2.05, 4.69) is 15.0 Å². The van der Waals surface area contributed by atoms with Gasteiger partial charge >= 0.3 is 0 Å². The number of ether oxygens (including phenoxy) is 2. The fourth-order valence-corrected chi connectivity index (χ4v) is 4.61. The molecule has 28 heavy (non-hydrogen) atoms. The van der Waals surface area contributed by atoms with E-state index in [1.54, 1.807) is 38.8 Å². The lowest BCUT2D eigenvalue weighted by Gasteiger charge is -2.23. The summed E-state index contributed by atoms with van der Waals surface area (Å²) in [6.07, 6.45) is 0. The van der Waals surface area contributed by atoms with Gasteiger partial charge in [-0.15, -0.1) is 11.3 Å². The molecule has 1 aromatic carbocycles. The summed E-state index contributed by atoms with van der Waals surface area (Å²) in [5.74, 6) is 2.10. The van der Waals surface area contributed by atoms with Crippen molar-refractivity contribution in [3.63, 3.8) is 0 Å². The Labute approximate surface area is 170 Å². The Morgan fingerprint density at radius 2 is 2.00 bits per heavy atom. The van der Waals surface area contributed by atoms with Gasteiger partial charge < -0.3 is 19.7 Å². The number of sulfonamides is 1. The van der Waals surface area contributed by atoms with Crippen LogP contribution in [0.1, 0.15) is 5.56 Å². The summed E-state index contributed by atoms with van der Waals surface area (Å²) in [6.45, 7) is 1.22. The molecule has 0 unspecified atom stereocenters. The van der Waals surface area contributed by atoms with E-state index in [9.17, 15) is 8.42 Å². The summed E-state index contributed by atoms with van der Waals surface area (Å²) in [6, 6.07) is 8.94. The molecule has 2 N–H and O–H groups in total. The molecule has 0 atom stereocenters. The number of hydrogen-bond acceptors (Lipinski definition) is 6. The quantitative estimate of drug-likeness (QED) is 0.361. The Kier molecular flexibility index (Phi) is 8.09. The van der Waals surface area contributed by atoms with Crippen LogP contribution >= 0.6 is 11.3 Å². The number of hydrogen-bond donors (Lipinski definition) is 2. The van der Waals surface area contributed by atoms with Gasteiger partial charge in [-0.2, -0.15) is 0 Å². The number of guanidine groups is 1. The van der Waals surface area contributed by atoms with Crippen molar-refractivity contribution in [2.45, 2.75) is 10.8 Å². The third-order valence-corrected chi connectivity index (χ3v) is 6.79. The molecule has 0 amide bonds. The van der Waals surface area contributed by atoms with Gasteiger partial charge in [0.25, 0.3) is 0 Å². The second-order valence-corrected chi connectivity index (χ2v) is 8.78. The van der Waals surface area contributed by atoms with E-state index in [1.807, 2.05) is 30.1 Å². The van der Waals surface area contributed by atoms with Crippen LogP contribution in [0.4, 0.5) is 0 Å². The van der Waals surface area contributed by atoms with Crippen LogP contribution in [0.25, 0.3) is 0 Å². The van der Waals surface area contributed by atoms with Crippen LogP contribution in [0.3, 0.4) is 0 Å².